The van der Waals surface area contributed by atoms with Crippen molar-refractivity contribution in [2.45, 2.75) is 26.3 Å². The van der Waals surface area contributed by atoms with Crippen LogP contribution >= 0.6 is 11.3 Å². The fourth-order valence-corrected chi connectivity index (χ4v) is 3.68. The van der Waals surface area contributed by atoms with Gasteiger partial charge in [0.2, 0.25) is 10.0 Å². The first-order chi connectivity index (χ1) is 8.00. The third kappa shape index (κ3) is 2.97. The van der Waals surface area contributed by atoms with E-state index in [-0.39, 0.29) is 0 Å². The lowest BCUT2D eigenvalue weighted by atomic mass is 10.2. The zero-order chi connectivity index (χ0) is 12.5. The van der Waals surface area contributed by atoms with Crippen LogP contribution in [0.2, 0.25) is 0 Å². The van der Waals surface area contributed by atoms with Crippen LogP contribution < -0.4 is 5.32 Å². The standard InChI is InChI=1S/C10H17N3O2S2/c1-3-5-11-10-12-8-4-6-13(17(2,14)15)7-9(8)16-10/h3-7H2,1-2H3,(H,11,12). The Bertz CT molecular complexity index is 496. The highest BCUT2D eigenvalue weighted by atomic mass is 32.2. The highest BCUT2D eigenvalue weighted by Gasteiger charge is 2.25. The van der Waals surface area contributed by atoms with E-state index in [1.54, 1.807) is 11.3 Å². The highest BCUT2D eigenvalue weighted by Crippen LogP contribution is 2.29. The van der Waals surface area contributed by atoms with Gasteiger partial charge in [-0.1, -0.05) is 6.92 Å². The van der Waals surface area contributed by atoms with Gasteiger partial charge >= 0.3 is 0 Å². The Morgan fingerprint density at radius 3 is 2.94 bits per heavy atom. The summed E-state index contributed by atoms with van der Waals surface area (Å²) in [6, 6.07) is 0. The summed E-state index contributed by atoms with van der Waals surface area (Å²) in [4.78, 5) is 5.56. The molecular formula is C10H17N3O2S2. The van der Waals surface area contributed by atoms with Crippen molar-refractivity contribution < 1.29 is 8.42 Å². The van der Waals surface area contributed by atoms with Crippen LogP contribution in [0.3, 0.4) is 0 Å². The van der Waals surface area contributed by atoms with Gasteiger partial charge in [0.25, 0.3) is 0 Å². The molecule has 0 amide bonds. The summed E-state index contributed by atoms with van der Waals surface area (Å²) in [5.41, 5.74) is 1.05. The molecule has 0 spiro atoms. The van der Waals surface area contributed by atoms with Crippen LogP contribution in [0.25, 0.3) is 0 Å². The molecule has 1 N–H and O–H groups in total. The lowest BCUT2D eigenvalue weighted by molar-refractivity contribution is 0.396. The van der Waals surface area contributed by atoms with E-state index in [1.807, 2.05) is 0 Å². The Morgan fingerprint density at radius 2 is 2.29 bits per heavy atom. The molecule has 0 bridgehead atoms. The second kappa shape index (κ2) is 4.91. The number of hydrogen-bond donors (Lipinski definition) is 1. The van der Waals surface area contributed by atoms with Crippen LogP contribution in [0.5, 0.6) is 0 Å². The number of thiazole rings is 1. The van der Waals surface area contributed by atoms with E-state index in [2.05, 4.69) is 17.2 Å². The van der Waals surface area contributed by atoms with Crippen molar-refractivity contribution in [3.63, 3.8) is 0 Å². The minimum Gasteiger partial charge on any atom is -0.362 e. The second-order valence-corrected chi connectivity index (χ2v) is 7.23. The molecule has 0 saturated carbocycles. The summed E-state index contributed by atoms with van der Waals surface area (Å²) in [5, 5.41) is 4.15. The molecule has 0 radical (unpaired) electrons. The average molecular weight is 275 g/mol. The van der Waals surface area contributed by atoms with Gasteiger partial charge in [0.15, 0.2) is 5.13 Å². The number of hydrogen-bond acceptors (Lipinski definition) is 5. The molecule has 0 atom stereocenters. The number of sulfonamides is 1. The minimum absolute atomic E-state index is 0.472. The third-order valence-corrected chi connectivity index (χ3v) is 4.98. The zero-order valence-corrected chi connectivity index (χ0v) is 11.7. The van der Waals surface area contributed by atoms with Crippen LogP contribution in [0.4, 0.5) is 5.13 Å². The Morgan fingerprint density at radius 1 is 1.53 bits per heavy atom. The number of fused-ring (bicyclic) bond motifs is 1. The van der Waals surface area contributed by atoms with E-state index in [0.717, 1.165) is 28.7 Å². The van der Waals surface area contributed by atoms with Crippen molar-refractivity contribution >= 4 is 26.5 Å². The lowest BCUT2D eigenvalue weighted by Gasteiger charge is -2.23. The third-order valence-electron chi connectivity index (χ3n) is 2.69. The van der Waals surface area contributed by atoms with Gasteiger partial charge in [0, 0.05) is 30.9 Å². The lowest BCUT2D eigenvalue weighted by Crippen LogP contribution is -2.34. The van der Waals surface area contributed by atoms with E-state index in [9.17, 15) is 8.42 Å². The Kier molecular flexibility index (Phi) is 3.70. The van der Waals surface area contributed by atoms with Gasteiger partial charge in [-0.15, -0.1) is 11.3 Å². The quantitative estimate of drug-likeness (QED) is 0.899. The Labute approximate surface area is 106 Å². The van der Waals surface area contributed by atoms with Crippen molar-refractivity contribution in [3.05, 3.63) is 10.6 Å². The second-order valence-electron chi connectivity index (χ2n) is 4.16. The normalized spacial score (nSPS) is 16.8. The van der Waals surface area contributed by atoms with Crippen LogP contribution in [-0.2, 0) is 23.0 Å². The van der Waals surface area contributed by atoms with Crippen LogP contribution in [0.1, 0.15) is 23.9 Å². The molecule has 1 aliphatic heterocycles. The maximum absolute atomic E-state index is 11.5. The summed E-state index contributed by atoms with van der Waals surface area (Å²) in [7, 11) is -3.08. The number of anilines is 1. The molecule has 1 aromatic heterocycles. The first-order valence-corrected chi connectivity index (χ1v) is 8.34. The van der Waals surface area contributed by atoms with E-state index in [0.29, 0.717) is 19.5 Å². The van der Waals surface area contributed by atoms with Crippen LogP contribution in [0, 0.1) is 0 Å². The molecule has 0 aliphatic carbocycles. The summed E-state index contributed by atoms with van der Waals surface area (Å²) < 4.78 is 24.4. The first-order valence-electron chi connectivity index (χ1n) is 5.68. The van der Waals surface area contributed by atoms with Crippen molar-refractivity contribution in [2.75, 3.05) is 24.7 Å². The molecule has 0 aromatic carbocycles. The number of nitrogens with zero attached hydrogens (tertiary/aromatic N) is 2. The molecule has 1 aliphatic rings. The molecule has 5 nitrogen and oxygen atoms in total. The fraction of sp³-hybridized carbons (Fsp3) is 0.700. The molecule has 2 heterocycles. The number of rotatable bonds is 4. The molecule has 2 rings (SSSR count). The van der Waals surface area contributed by atoms with Crippen LogP contribution in [-0.4, -0.2) is 37.1 Å². The molecule has 96 valence electrons. The SMILES string of the molecule is CCCNc1nc2c(s1)CN(S(C)(=O)=O)CC2. The molecule has 7 heteroatoms. The van der Waals surface area contributed by atoms with Gasteiger partial charge in [-0.3, -0.25) is 0 Å². The smallest absolute Gasteiger partial charge is 0.211 e. The van der Waals surface area contributed by atoms with Crippen molar-refractivity contribution in [1.82, 2.24) is 9.29 Å². The molecule has 0 fully saturated rings. The van der Waals surface area contributed by atoms with Crippen molar-refractivity contribution in [2.24, 2.45) is 0 Å². The number of nitrogens with one attached hydrogen (secondary N) is 1. The van der Waals surface area contributed by atoms with Gasteiger partial charge < -0.3 is 5.32 Å². The van der Waals surface area contributed by atoms with Gasteiger partial charge in [-0.2, -0.15) is 4.31 Å². The molecule has 1 aromatic rings. The number of aromatic nitrogens is 1. The topological polar surface area (TPSA) is 62.3 Å². The maximum Gasteiger partial charge on any atom is 0.211 e. The molecule has 0 unspecified atom stereocenters. The summed E-state index contributed by atoms with van der Waals surface area (Å²) in [5.74, 6) is 0. The first kappa shape index (κ1) is 12.8. The Balaban J connectivity index is 2.13. The largest absolute Gasteiger partial charge is 0.362 e. The van der Waals surface area contributed by atoms with Gasteiger partial charge in [-0.25, -0.2) is 13.4 Å². The van der Waals surface area contributed by atoms with E-state index in [1.165, 1.54) is 10.6 Å². The summed E-state index contributed by atoms with van der Waals surface area (Å²) >= 11 is 1.57. The minimum atomic E-state index is -3.08. The molecule has 17 heavy (non-hydrogen) atoms. The predicted molar refractivity (Wildman–Crippen MR) is 69.9 cm³/mol. The maximum atomic E-state index is 11.5. The van der Waals surface area contributed by atoms with Gasteiger partial charge in [0.05, 0.1) is 11.9 Å². The van der Waals surface area contributed by atoms with E-state index < -0.39 is 10.0 Å². The molecular weight excluding hydrogens is 258 g/mol. The zero-order valence-electron chi connectivity index (χ0n) is 10.1. The monoisotopic (exact) mass is 275 g/mol. The Hall–Kier alpha value is -0.660. The van der Waals surface area contributed by atoms with E-state index >= 15 is 0 Å². The predicted octanol–water partition coefficient (Wildman–Crippen LogP) is 1.28. The van der Waals surface area contributed by atoms with E-state index in [4.69, 9.17) is 0 Å². The fourth-order valence-electron chi connectivity index (χ4n) is 1.76. The van der Waals surface area contributed by atoms with Crippen LogP contribution in [0.15, 0.2) is 0 Å². The van der Waals surface area contributed by atoms with Gasteiger partial charge in [-0.05, 0) is 6.42 Å². The summed E-state index contributed by atoms with van der Waals surface area (Å²) in [6.07, 6.45) is 3.03. The van der Waals surface area contributed by atoms with Crippen molar-refractivity contribution in [1.29, 1.82) is 0 Å². The van der Waals surface area contributed by atoms with Crippen molar-refractivity contribution in [3.8, 4) is 0 Å². The average Bonchev–Trinajstić information content (AvgIpc) is 2.66. The van der Waals surface area contributed by atoms with Gasteiger partial charge in [0.1, 0.15) is 0 Å². The highest BCUT2D eigenvalue weighted by molar-refractivity contribution is 7.88. The molecule has 0 saturated heterocycles. The summed E-state index contributed by atoms with van der Waals surface area (Å²) in [6.45, 7) is 4.02.